The number of benzene rings is 2. The predicted molar refractivity (Wildman–Crippen MR) is 97.6 cm³/mol. The fourth-order valence-corrected chi connectivity index (χ4v) is 3.45. The van der Waals surface area contributed by atoms with Crippen LogP contribution in [-0.4, -0.2) is 15.3 Å². The van der Waals surface area contributed by atoms with Crippen molar-refractivity contribution in [2.75, 3.05) is 5.32 Å². The van der Waals surface area contributed by atoms with Gasteiger partial charge in [-0.15, -0.1) is 11.3 Å². The van der Waals surface area contributed by atoms with E-state index < -0.39 is 11.7 Å². The Balaban J connectivity index is 1.55. The average molecular weight is 351 g/mol. The molecule has 0 spiro atoms. The lowest BCUT2D eigenvalue weighted by atomic mass is 10.1. The first kappa shape index (κ1) is 15.5. The van der Waals surface area contributed by atoms with Crippen molar-refractivity contribution in [2.24, 2.45) is 0 Å². The summed E-state index contributed by atoms with van der Waals surface area (Å²) in [4.78, 5) is 17.7. The van der Waals surface area contributed by atoms with E-state index >= 15 is 0 Å². The monoisotopic (exact) mass is 351 g/mol. The minimum absolute atomic E-state index is 0.0244. The van der Waals surface area contributed by atoms with Gasteiger partial charge in [-0.2, -0.15) is 0 Å². The van der Waals surface area contributed by atoms with Gasteiger partial charge in [0, 0.05) is 28.5 Å². The lowest BCUT2D eigenvalue weighted by Gasteiger charge is -2.06. The number of nitrogens with zero attached hydrogens (tertiary/aromatic N) is 2. The molecule has 0 saturated heterocycles. The van der Waals surface area contributed by atoms with Crippen LogP contribution in [0.2, 0.25) is 0 Å². The second-order valence-corrected chi connectivity index (χ2v) is 6.50. The van der Waals surface area contributed by atoms with Crippen molar-refractivity contribution in [2.45, 2.75) is 6.92 Å². The van der Waals surface area contributed by atoms with Crippen molar-refractivity contribution < 1.29 is 9.18 Å². The summed E-state index contributed by atoms with van der Waals surface area (Å²) in [6, 6.07) is 13.3. The van der Waals surface area contributed by atoms with Crippen LogP contribution in [0.3, 0.4) is 0 Å². The van der Waals surface area contributed by atoms with Crippen LogP contribution in [0.4, 0.5) is 10.1 Å². The number of aryl methyl sites for hydroxylation is 1. The van der Waals surface area contributed by atoms with Crippen LogP contribution in [0.15, 0.2) is 60.1 Å². The van der Waals surface area contributed by atoms with E-state index in [2.05, 4.69) is 15.7 Å². The first-order valence-electron chi connectivity index (χ1n) is 7.71. The van der Waals surface area contributed by atoms with Crippen molar-refractivity contribution in [1.29, 1.82) is 0 Å². The van der Waals surface area contributed by atoms with E-state index in [1.165, 1.54) is 12.1 Å². The molecule has 0 unspecified atom stereocenters. The molecule has 2 heterocycles. The van der Waals surface area contributed by atoms with Gasteiger partial charge in [0.2, 0.25) is 0 Å². The van der Waals surface area contributed by atoms with Crippen LogP contribution in [-0.2, 0) is 0 Å². The van der Waals surface area contributed by atoms with Crippen molar-refractivity contribution in [1.82, 2.24) is 9.38 Å². The number of thiazole rings is 1. The number of imidazole rings is 1. The number of nitrogens with one attached hydrogen (secondary N) is 1. The number of carbonyl (C=O) groups excluding carboxylic acids is 1. The van der Waals surface area contributed by atoms with Gasteiger partial charge in [-0.25, -0.2) is 9.37 Å². The molecule has 4 rings (SSSR count). The first-order chi connectivity index (χ1) is 12.1. The molecule has 0 radical (unpaired) electrons. The third-order valence-corrected chi connectivity index (χ3v) is 4.90. The number of amides is 1. The molecular formula is C19H14FN3OS. The standard InChI is InChI=1S/C19H14FN3OS/c1-12-11-25-19-22-17(10-23(12)19)13-6-8-14(9-7-13)21-18(24)15-4-2-3-5-16(15)20/h2-11H,1H3,(H,21,24). The van der Waals surface area contributed by atoms with Crippen LogP contribution in [0.5, 0.6) is 0 Å². The Kier molecular flexibility index (Phi) is 3.82. The fourth-order valence-electron chi connectivity index (χ4n) is 2.60. The summed E-state index contributed by atoms with van der Waals surface area (Å²) in [6.45, 7) is 2.04. The van der Waals surface area contributed by atoms with Crippen LogP contribution in [0.1, 0.15) is 16.1 Å². The highest BCUT2D eigenvalue weighted by atomic mass is 32.1. The Hall–Kier alpha value is -2.99. The van der Waals surface area contributed by atoms with Crippen molar-refractivity contribution in [3.63, 3.8) is 0 Å². The Morgan fingerprint density at radius 2 is 1.92 bits per heavy atom. The zero-order chi connectivity index (χ0) is 17.4. The molecule has 0 bridgehead atoms. The minimum Gasteiger partial charge on any atom is -0.322 e. The molecule has 4 nitrogen and oxygen atoms in total. The molecule has 124 valence electrons. The summed E-state index contributed by atoms with van der Waals surface area (Å²) >= 11 is 1.60. The summed E-state index contributed by atoms with van der Waals surface area (Å²) in [5.41, 5.74) is 3.61. The van der Waals surface area contributed by atoms with Gasteiger partial charge in [-0.05, 0) is 31.2 Å². The number of fused-ring (bicyclic) bond motifs is 1. The third-order valence-electron chi connectivity index (χ3n) is 3.95. The molecule has 6 heteroatoms. The summed E-state index contributed by atoms with van der Waals surface area (Å²) in [5.74, 6) is -1.01. The third kappa shape index (κ3) is 2.92. The van der Waals surface area contributed by atoms with Gasteiger partial charge >= 0.3 is 0 Å². The highest BCUT2D eigenvalue weighted by Gasteiger charge is 2.11. The van der Waals surface area contributed by atoms with E-state index in [0.717, 1.165) is 21.9 Å². The van der Waals surface area contributed by atoms with Gasteiger partial charge < -0.3 is 5.32 Å². The molecule has 2 aromatic carbocycles. The number of rotatable bonds is 3. The Morgan fingerprint density at radius 3 is 2.64 bits per heavy atom. The maximum atomic E-state index is 13.7. The second-order valence-electron chi connectivity index (χ2n) is 5.67. The second kappa shape index (κ2) is 6.14. The lowest BCUT2D eigenvalue weighted by Crippen LogP contribution is -2.13. The maximum Gasteiger partial charge on any atom is 0.258 e. The molecule has 0 aliphatic heterocycles. The van der Waals surface area contributed by atoms with Gasteiger partial charge in [0.15, 0.2) is 4.96 Å². The molecule has 1 N–H and O–H groups in total. The number of hydrogen-bond acceptors (Lipinski definition) is 3. The SMILES string of the molecule is Cc1csc2nc(-c3ccc(NC(=O)c4ccccc4F)cc3)cn12. The van der Waals surface area contributed by atoms with Crippen LogP contribution >= 0.6 is 11.3 Å². The van der Waals surface area contributed by atoms with Crippen LogP contribution in [0, 0.1) is 12.7 Å². The first-order valence-corrected chi connectivity index (χ1v) is 8.59. The van der Waals surface area contributed by atoms with Crippen molar-refractivity contribution in [3.05, 3.63) is 77.2 Å². The highest BCUT2D eigenvalue weighted by molar-refractivity contribution is 7.15. The zero-order valence-corrected chi connectivity index (χ0v) is 14.2. The van der Waals surface area contributed by atoms with E-state index in [-0.39, 0.29) is 5.56 Å². The topological polar surface area (TPSA) is 46.4 Å². The average Bonchev–Trinajstić information content (AvgIpc) is 3.18. The molecular weight excluding hydrogens is 337 g/mol. The van der Waals surface area contributed by atoms with Crippen LogP contribution < -0.4 is 5.32 Å². The number of halogens is 1. The molecule has 0 saturated carbocycles. The summed E-state index contributed by atoms with van der Waals surface area (Å²) in [5, 5.41) is 4.77. The van der Waals surface area contributed by atoms with Gasteiger partial charge in [0.1, 0.15) is 5.82 Å². The molecule has 25 heavy (non-hydrogen) atoms. The normalized spacial score (nSPS) is 11.0. The Bertz CT molecular complexity index is 1070. The quantitative estimate of drug-likeness (QED) is 0.578. The summed E-state index contributed by atoms with van der Waals surface area (Å²) in [7, 11) is 0. The minimum atomic E-state index is -0.537. The van der Waals surface area contributed by atoms with E-state index in [9.17, 15) is 9.18 Å². The number of aromatic nitrogens is 2. The van der Waals surface area contributed by atoms with Gasteiger partial charge in [0.05, 0.1) is 11.3 Å². The lowest BCUT2D eigenvalue weighted by molar-refractivity contribution is 0.102. The van der Waals surface area contributed by atoms with Gasteiger partial charge in [-0.1, -0.05) is 24.3 Å². The predicted octanol–water partition coefficient (Wildman–Crippen LogP) is 4.76. The summed E-state index contributed by atoms with van der Waals surface area (Å²) in [6.07, 6.45) is 1.99. The number of hydrogen-bond donors (Lipinski definition) is 1. The van der Waals surface area contributed by atoms with Gasteiger partial charge in [0.25, 0.3) is 5.91 Å². The number of carbonyl (C=O) groups is 1. The molecule has 4 aromatic rings. The zero-order valence-electron chi connectivity index (χ0n) is 13.4. The Labute approximate surface area is 147 Å². The smallest absolute Gasteiger partial charge is 0.258 e. The molecule has 0 aliphatic rings. The fraction of sp³-hybridized carbons (Fsp3) is 0.0526. The molecule has 0 atom stereocenters. The van der Waals surface area contributed by atoms with Crippen LogP contribution in [0.25, 0.3) is 16.2 Å². The highest BCUT2D eigenvalue weighted by Crippen LogP contribution is 2.24. The van der Waals surface area contributed by atoms with Crippen molar-refractivity contribution in [3.8, 4) is 11.3 Å². The van der Waals surface area contributed by atoms with Crippen molar-refractivity contribution >= 4 is 27.9 Å². The Morgan fingerprint density at radius 1 is 1.16 bits per heavy atom. The van der Waals surface area contributed by atoms with E-state index in [1.54, 1.807) is 35.6 Å². The van der Waals surface area contributed by atoms with E-state index in [0.29, 0.717) is 5.69 Å². The summed E-state index contributed by atoms with van der Waals surface area (Å²) < 4.78 is 15.7. The molecule has 0 fully saturated rings. The number of anilines is 1. The van der Waals surface area contributed by atoms with E-state index in [4.69, 9.17) is 0 Å². The largest absolute Gasteiger partial charge is 0.322 e. The van der Waals surface area contributed by atoms with Gasteiger partial charge in [-0.3, -0.25) is 9.20 Å². The molecule has 0 aliphatic carbocycles. The van der Waals surface area contributed by atoms with E-state index in [1.807, 2.05) is 29.7 Å². The maximum absolute atomic E-state index is 13.7. The molecule has 2 aromatic heterocycles. The molecule has 1 amide bonds.